The van der Waals surface area contributed by atoms with Crippen LogP contribution in [0.5, 0.6) is 0 Å². The fraction of sp³-hybridized carbons (Fsp3) is 0.417. The fourth-order valence-corrected chi connectivity index (χ4v) is 3.69. The average Bonchev–Trinajstić information content (AvgIpc) is 2.23. The monoisotopic (exact) mass is 322 g/mol. The van der Waals surface area contributed by atoms with Gasteiger partial charge in [0.1, 0.15) is 6.04 Å². The number of hydrogen-bond donors (Lipinski definition) is 3. The molecule has 6 nitrogen and oxygen atoms in total. The first-order valence-corrected chi connectivity index (χ1v) is 7.20. The van der Waals surface area contributed by atoms with Gasteiger partial charge in [0, 0.05) is 6.54 Å². The standard InChI is InChI=1S/C12H18N2O4S.ClH/c1-7-4-8(2)11(9(3)5-7)19(17,18)14-10(6-13)12(15)16;/h4-5,10,14H,6,13H2,1-3H3,(H,15,16);1H/t10-;/m0./s1. The minimum absolute atomic E-state index is 0. The number of nitrogens with one attached hydrogen (secondary N) is 1. The van der Waals surface area contributed by atoms with Crippen molar-refractivity contribution in [3.05, 3.63) is 28.8 Å². The Morgan fingerprint density at radius 3 is 2.10 bits per heavy atom. The number of carboxylic acid groups (broad SMARTS) is 1. The van der Waals surface area contributed by atoms with Crippen molar-refractivity contribution in [3.63, 3.8) is 0 Å². The highest BCUT2D eigenvalue weighted by Gasteiger charge is 2.26. The normalized spacial score (nSPS) is 12.6. The summed E-state index contributed by atoms with van der Waals surface area (Å²) < 4.78 is 26.6. The summed E-state index contributed by atoms with van der Waals surface area (Å²) in [7, 11) is -3.91. The van der Waals surface area contributed by atoms with E-state index in [2.05, 4.69) is 4.72 Å². The van der Waals surface area contributed by atoms with Crippen molar-refractivity contribution >= 4 is 28.4 Å². The molecule has 1 atom stereocenters. The number of carboxylic acids is 1. The molecule has 0 spiro atoms. The van der Waals surface area contributed by atoms with Crippen LogP contribution in [0.2, 0.25) is 0 Å². The van der Waals surface area contributed by atoms with Gasteiger partial charge in [-0.2, -0.15) is 4.72 Å². The van der Waals surface area contributed by atoms with Crippen LogP contribution in [-0.2, 0) is 14.8 Å². The molecule has 8 heteroatoms. The Balaban J connectivity index is 0.00000361. The van der Waals surface area contributed by atoms with Crippen LogP contribution in [0.1, 0.15) is 16.7 Å². The van der Waals surface area contributed by atoms with Crippen molar-refractivity contribution in [1.82, 2.24) is 4.72 Å². The van der Waals surface area contributed by atoms with Crippen LogP contribution in [-0.4, -0.2) is 32.1 Å². The number of sulfonamides is 1. The quantitative estimate of drug-likeness (QED) is 0.740. The largest absolute Gasteiger partial charge is 0.480 e. The first-order valence-electron chi connectivity index (χ1n) is 5.72. The number of carbonyl (C=O) groups is 1. The van der Waals surface area contributed by atoms with E-state index in [1.54, 1.807) is 26.0 Å². The molecule has 0 heterocycles. The van der Waals surface area contributed by atoms with Crippen molar-refractivity contribution in [2.75, 3.05) is 6.54 Å². The molecule has 20 heavy (non-hydrogen) atoms. The Morgan fingerprint density at radius 1 is 1.30 bits per heavy atom. The minimum Gasteiger partial charge on any atom is -0.480 e. The summed E-state index contributed by atoms with van der Waals surface area (Å²) >= 11 is 0. The third-order valence-corrected chi connectivity index (χ3v) is 4.48. The summed E-state index contributed by atoms with van der Waals surface area (Å²) in [6, 6.07) is 2.14. The SMILES string of the molecule is Cc1cc(C)c(S(=O)(=O)N[C@@H](CN)C(=O)O)c(C)c1.Cl. The van der Waals surface area contributed by atoms with Crippen molar-refractivity contribution in [2.45, 2.75) is 31.7 Å². The average molecular weight is 323 g/mol. The van der Waals surface area contributed by atoms with Crippen LogP contribution in [0.15, 0.2) is 17.0 Å². The van der Waals surface area contributed by atoms with Gasteiger partial charge in [-0.1, -0.05) is 17.7 Å². The third kappa shape index (κ3) is 4.17. The Morgan fingerprint density at radius 2 is 1.75 bits per heavy atom. The Hall–Kier alpha value is -1.15. The maximum absolute atomic E-state index is 12.2. The van der Waals surface area contributed by atoms with Gasteiger partial charge in [-0.25, -0.2) is 8.42 Å². The first kappa shape index (κ1) is 18.9. The molecule has 1 rings (SSSR count). The van der Waals surface area contributed by atoms with E-state index in [9.17, 15) is 13.2 Å². The van der Waals surface area contributed by atoms with E-state index >= 15 is 0 Å². The summed E-state index contributed by atoms with van der Waals surface area (Å²) in [5.74, 6) is -1.30. The Labute approximate surface area is 124 Å². The second-order valence-corrected chi connectivity index (χ2v) is 6.13. The second kappa shape index (κ2) is 7.03. The molecule has 0 aromatic heterocycles. The van der Waals surface area contributed by atoms with Gasteiger partial charge in [-0.3, -0.25) is 4.79 Å². The molecular formula is C12H19ClN2O4S. The zero-order valence-electron chi connectivity index (χ0n) is 11.5. The molecule has 4 N–H and O–H groups in total. The number of benzene rings is 1. The molecule has 0 fully saturated rings. The van der Waals surface area contributed by atoms with Crippen LogP contribution in [0.4, 0.5) is 0 Å². The maximum Gasteiger partial charge on any atom is 0.323 e. The minimum atomic E-state index is -3.91. The lowest BCUT2D eigenvalue weighted by atomic mass is 10.1. The van der Waals surface area contributed by atoms with Crippen LogP contribution >= 0.6 is 12.4 Å². The molecule has 0 aliphatic carbocycles. The number of nitrogens with two attached hydrogens (primary N) is 1. The van der Waals surface area contributed by atoms with Crippen molar-refractivity contribution < 1.29 is 18.3 Å². The first-order chi connectivity index (χ1) is 8.69. The van der Waals surface area contributed by atoms with Gasteiger partial charge < -0.3 is 10.8 Å². The molecule has 0 unspecified atom stereocenters. The molecule has 1 aromatic carbocycles. The van der Waals surface area contributed by atoms with E-state index in [0.717, 1.165) is 5.56 Å². The third-order valence-electron chi connectivity index (χ3n) is 2.70. The molecular weight excluding hydrogens is 304 g/mol. The van der Waals surface area contributed by atoms with Gasteiger partial charge in [-0.05, 0) is 31.9 Å². The number of halogens is 1. The van der Waals surface area contributed by atoms with Gasteiger partial charge >= 0.3 is 5.97 Å². The zero-order valence-corrected chi connectivity index (χ0v) is 13.1. The molecule has 1 aromatic rings. The van der Waals surface area contributed by atoms with Gasteiger partial charge in [0.2, 0.25) is 10.0 Å². The highest BCUT2D eigenvalue weighted by atomic mass is 35.5. The molecule has 0 aliphatic heterocycles. The van der Waals surface area contributed by atoms with Crippen LogP contribution in [0.3, 0.4) is 0 Å². The highest BCUT2D eigenvalue weighted by molar-refractivity contribution is 7.89. The van der Waals surface area contributed by atoms with Crippen molar-refractivity contribution in [3.8, 4) is 0 Å². The molecule has 0 saturated carbocycles. The van der Waals surface area contributed by atoms with Crippen molar-refractivity contribution in [2.24, 2.45) is 5.73 Å². The molecule has 114 valence electrons. The summed E-state index contributed by atoms with van der Waals surface area (Å²) in [6.07, 6.45) is 0. The van der Waals surface area contributed by atoms with Crippen LogP contribution in [0.25, 0.3) is 0 Å². The number of hydrogen-bond acceptors (Lipinski definition) is 4. The van der Waals surface area contributed by atoms with Gasteiger partial charge in [-0.15, -0.1) is 12.4 Å². The molecule has 0 amide bonds. The van der Waals surface area contributed by atoms with Crippen LogP contribution in [0, 0.1) is 20.8 Å². The predicted octanol–water partition coefficient (Wildman–Crippen LogP) is 0.724. The maximum atomic E-state index is 12.2. The van der Waals surface area contributed by atoms with E-state index in [1.165, 1.54) is 0 Å². The highest BCUT2D eigenvalue weighted by Crippen LogP contribution is 2.21. The second-order valence-electron chi connectivity index (χ2n) is 4.48. The topological polar surface area (TPSA) is 109 Å². The van der Waals surface area contributed by atoms with E-state index in [4.69, 9.17) is 10.8 Å². The lowest BCUT2D eigenvalue weighted by Crippen LogP contribution is -2.45. The summed E-state index contributed by atoms with van der Waals surface area (Å²) in [4.78, 5) is 11.0. The summed E-state index contributed by atoms with van der Waals surface area (Å²) in [6.45, 7) is 4.90. The van der Waals surface area contributed by atoms with E-state index in [1.807, 2.05) is 6.92 Å². The van der Waals surface area contributed by atoms with E-state index < -0.39 is 22.0 Å². The smallest absolute Gasteiger partial charge is 0.323 e. The van der Waals surface area contributed by atoms with Crippen molar-refractivity contribution in [1.29, 1.82) is 0 Å². The molecule has 0 aliphatic rings. The van der Waals surface area contributed by atoms with Gasteiger partial charge in [0.05, 0.1) is 4.90 Å². The summed E-state index contributed by atoms with van der Waals surface area (Å²) in [5.41, 5.74) is 7.35. The molecule has 0 saturated heterocycles. The number of aliphatic carboxylic acids is 1. The molecule has 0 radical (unpaired) electrons. The molecule has 0 bridgehead atoms. The lowest BCUT2D eigenvalue weighted by molar-refractivity contribution is -0.138. The zero-order chi connectivity index (χ0) is 14.8. The Kier molecular flexibility index (Phi) is 6.63. The van der Waals surface area contributed by atoms with E-state index in [-0.39, 0.29) is 23.8 Å². The predicted molar refractivity (Wildman–Crippen MR) is 78.7 cm³/mol. The van der Waals surface area contributed by atoms with Gasteiger partial charge in [0.15, 0.2) is 0 Å². The summed E-state index contributed by atoms with van der Waals surface area (Å²) in [5, 5.41) is 8.86. The lowest BCUT2D eigenvalue weighted by Gasteiger charge is -2.16. The van der Waals surface area contributed by atoms with E-state index in [0.29, 0.717) is 11.1 Å². The number of rotatable bonds is 5. The van der Waals surface area contributed by atoms with Gasteiger partial charge in [0.25, 0.3) is 0 Å². The van der Waals surface area contributed by atoms with Crippen LogP contribution < -0.4 is 10.5 Å². The fourth-order valence-electron chi connectivity index (χ4n) is 2.04. The number of aryl methyl sites for hydroxylation is 3. The Bertz CT molecular complexity index is 578.